The fourth-order valence-electron chi connectivity index (χ4n) is 4.81. The molecule has 36 heavy (non-hydrogen) atoms. The van der Waals surface area contributed by atoms with E-state index in [0.29, 0.717) is 11.6 Å². The molecule has 7 heteroatoms. The highest BCUT2D eigenvalue weighted by Gasteiger charge is 2.30. The van der Waals surface area contributed by atoms with Gasteiger partial charge in [0.2, 0.25) is 0 Å². The van der Waals surface area contributed by atoms with E-state index < -0.39 is 5.60 Å². The SMILES string of the molecule is Cc1cc(C)cc(-c2cnc3cc(Cl)c(Br)cc3c2OCC[C@H]2CCCCN2C(=O)OC(C)(C)C)c1. The Kier molecular flexibility index (Phi) is 8.15. The van der Waals surface area contributed by atoms with Gasteiger partial charge in [0.15, 0.2) is 0 Å². The van der Waals surface area contributed by atoms with Gasteiger partial charge >= 0.3 is 6.09 Å². The lowest BCUT2D eigenvalue weighted by Crippen LogP contribution is -2.46. The van der Waals surface area contributed by atoms with Crippen molar-refractivity contribution in [3.05, 3.63) is 57.2 Å². The Bertz CT molecular complexity index is 1250. The molecule has 1 aromatic heterocycles. The Balaban J connectivity index is 1.63. The first-order valence-electron chi connectivity index (χ1n) is 12.5. The van der Waals surface area contributed by atoms with Crippen LogP contribution < -0.4 is 4.74 Å². The third-order valence-corrected chi connectivity index (χ3v) is 7.54. The lowest BCUT2D eigenvalue weighted by atomic mass is 9.99. The maximum absolute atomic E-state index is 12.8. The fraction of sp³-hybridized carbons (Fsp3) is 0.448. The van der Waals surface area contributed by atoms with Crippen LogP contribution in [0.3, 0.4) is 0 Å². The number of carbonyl (C=O) groups excluding carboxylic acids is 1. The molecular weight excluding hydrogens is 540 g/mol. The highest BCUT2D eigenvalue weighted by atomic mass is 79.9. The van der Waals surface area contributed by atoms with Gasteiger partial charge in [-0.3, -0.25) is 4.98 Å². The van der Waals surface area contributed by atoms with Crippen molar-refractivity contribution in [3.8, 4) is 16.9 Å². The van der Waals surface area contributed by atoms with Gasteiger partial charge in [-0.05, 0) is 87.5 Å². The molecule has 5 nitrogen and oxygen atoms in total. The van der Waals surface area contributed by atoms with Crippen LogP contribution in [0.15, 0.2) is 41.0 Å². The number of likely N-dealkylation sites (tertiary alicyclic amines) is 1. The van der Waals surface area contributed by atoms with E-state index in [1.165, 1.54) is 11.1 Å². The van der Waals surface area contributed by atoms with Crippen LogP contribution in [0.25, 0.3) is 22.0 Å². The number of nitrogens with zero attached hydrogens (tertiary/aromatic N) is 2. The third kappa shape index (κ3) is 6.33. The zero-order valence-corrected chi connectivity index (χ0v) is 24.0. The van der Waals surface area contributed by atoms with Crippen molar-refractivity contribution in [2.45, 2.75) is 71.9 Å². The number of hydrogen-bond donors (Lipinski definition) is 0. The minimum Gasteiger partial charge on any atom is -0.492 e. The molecule has 4 rings (SSSR count). The Morgan fingerprint density at radius 2 is 1.86 bits per heavy atom. The van der Waals surface area contributed by atoms with E-state index in [1.54, 1.807) is 0 Å². The van der Waals surface area contributed by atoms with E-state index >= 15 is 0 Å². The summed E-state index contributed by atoms with van der Waals surface area (Å²) in [5.74, 6) is 0.780. The van der Waals surface area contributed by atoms with E-state index in [9.17, 15) is 4.79 Å². The Labute approximate surface area is 227 Å². The van der Waals surface area contributed by atoms with Crippen LogP contribution in [0.4, 0.5) is 4.79 Å². The van der Waals surface area contributed by atoms with E-state index in [2.05, 4.69) is 48.0 Å². The molecule has 0 bridgehead atoms. The van der Waals surface area contributed by atoms with E-state index in [1.807, 2.05) is 44.0 Å². The summed E-state index contributed by atoms with van der Waals surface area (Å²) in [5, 5.41) is 1.51. The average molecular weight is 574 g/mol. The van der Waals surface area contributed by atoms with E-state index in [-0.39, 0.29) is 12.1 Å². The summed E-state index contributed by atoms with van der Waals surface area (Å²) >= 11 is 9.92. The summed E-state index contributed by atoms with van der Waals surface area (Å²) in [7, 11) is 0. The third-order valence-electron chi connectivity index (χ3n) is 6.35. The number of rotatable bonds is 5. The zero-order valence-electron chi connectivity index (χ0n) is 21.7. The quantitative estimate of drug-likeness (QED) is 0.307. The Morgan fingerprint density at radius 3 is 2.56 bits per heavy atom. The number of carbonyl (C=O) groups is 1. The standard InChI is InChI=1S/C29H34BrClN2O3/c1-18-12-19(2)14-20(13-18)23-17-32-26-16-25(31)24(30)15-22(26)27(23)35-11-9-21-8-6-7-10-33(21)28(34)36-29(3,4)5/h12-17,21H,6-11H2,1-5H3/t21-/m1/s1. The van der Waals surface area contributed by atoms with Crippen LogP contribution in [-0.4, -0.2) is 40.8 Å². The van der Waals surface area contributed by atoms with Crippen molar-refractivity contribution in [2.75, 3.05) is 13.2 Å². The Morgan fingerprint density at radius 1 is 1.14 bits per heavy atom. The minimum absolute atomic E-state index is 0.0903. The highest BCUT2D eigenvalue weighted by molar-refractivity contribution is 9.10. The summed E-state index contributed by atoms with van der Waals surface area (Å²) < 4.78 is 13.0. The van der Waals surface area contributed by atoms with Gasteiger partial charge in [0.1, 0.15) is 11.4 Å². The number of benzene rings is 2. The van der Waals surface area contributed by atoms with Gasteiger partial charge in [0.05, 0.1) is 17.1 Å². The van der Waals surface area contributed by atoms with Gasteiger partial charge in [0, 0.05) is 40.6 Å². The molecule has 1 saturated heterocycles. The number of fused-ring (bicyclic) bond motifs is 1. The smallest absolute Gasteiger partial charge is 0.410 e. The number of aryl methyl sites for hydroxylation is 2. The van der Waals surface area contributed by atoms with Crippen molar-refractivity contribution in [1.29, 1.82) is 0 Å². The second-order valence-electron chi connectivity index (χ2n) is 10.6. The molecule has 1 amide bonds. The normalized spacial score (nSPS) is 16.3. The minimum atomic E-state index is -0.513. The van der Waals surface area contributed by atoms with Gasteiger partial charge in [0.25, 0.3) is 0 Å². The van der Waals surface area contributed by atoms with Crippen LogP contribution in [0, 0.1) is 13.8 Å². The predicted octanol–water partition coefficient (Wildman–Crippen LogP) is 8.49. The molecule has 192 valence electrons. The van der Waals surface area contributed by atoms with Crippen LogP contribution in [0.5, 0.6) is 5.75 Å². The second-order valence-corrected chi connectivity index (χ2v) is 11.9. The number of pyridine rings is 1. The first-order valence-corrected chi connectivity index (χ1v) is 13.7. The molecule has 0 spiro atoms. The monoisotopic (exact) mass is 572 g/mol. The fourth-order valence-corrected chi connectivity index (χ4v) is 5.31. The Hall–Kier alpha value is -2.31. The maximum atomic E-state index is 12.8. The molecule has 0 radical (unpaired) electrons. The van der Waals surface area contributed by atoms with Gasteiger partial charge in [-0.1, -0.05) is 40.9 Å². The van der Waals surface area contributed by atoms with Gasteiger partial charge in [-0.2, -0.15) is 0 Å². The molecule has 0 N–H and O–H groups in total. The molecule has 2 heterocycles. The topological polar surface area (TPSA) is 51.7 Å². The molecule has 0 unspecified atom stereocenters. The van der Waals surface area contributed by atoms with Crippen molar-refractivity contribution in [3.63, 3.8) is 0 Å². The molecule has 2 aromatic carbocycles. The van der Waals surface area contributed by atoms with Crippen molar-refractivity contribution >= 4 is 44.5 Å². The lowest BCUT2D eigenvalue weighted by Gasteiger charge is -2.36. The van der Waals surface area contributed by atoms with Gasteiger partial charge < -0.3 is 14.4 Å². The van der Waals surface area contributed by atoms with Crippen LogP contribution in [-0.2, 0) is 4.74 Å². The molecule has 1 aliphatic heterocycles. The first kappa shape index (κ1) is 26.7. The highest BCUT2D eigenvalue weighted by Crippen LogP contribution is 2.39. The summed E-state index contributed by atoms with van der Waals surface area (Å²) in [4.78, 5) is 19.4. The number of ether oxygens (including phenoxy) is 2. The molecule has 1 atom stereocenters. The lowest BCUT2D eigenvalue weighted by molar-refractivity contribution is 0.00746. The van der Waals surface area contributed by atoms with Crippen LogP contribution >= 0.6 is 27.5 Å². The zero-order chi connectivity index (χ0) is 26.0. The summed E-state index contributed by atoms with van der Waals surface area (Å²) in [6, 6.07) is 10.4. The molecule has 1 fully saturated rings. The van der Waals surface area contributed by atoms with E-state index in [4.69, 9.17) is 26.1 Å². The number of halogens is 2. The number of piperidine rings is 1. The number of aromatic nitrogens is 1. The average Bonchev–Trinajstić information content (AvgIpc) is 2.78. The van der Waals surface area contributed by atoms with Crippen molar-refractivity contribution < 1.29 is 14.3 Å². The number of hydrogen-bond acceptors (Lipinski definition) is 4. The van der Waals surface area contributed by atoms with Crippen molar-refractivity contribution in [1.82, 2.24) is 9.88 Å². The van der Waals surface area contributed by atoms with E-state index in [0.717, 1.165) is 64.5 Å². The van der Waals surface area contributed by atoms with Crippen molar-refractivity contribution in [2.24, 2.45) is 0 Å². The molecule has 1 aliphatic rings. The molecule has 3 aromatic rings. The van der Waals surface area contributed by atoms with Crippen LogP contribution in [0.2, 0.25) is 5.02 Å². The summed E-state index contributed by atoms with van der Waals surface area (Å²) in [5.41, 5.74) is 4.64. The second kappa shape index (κ2) is 11.0. The van der Waals surface area contributed by atoms with Gasteiger partial charge in [-0.25, -0.2) is 4.79 Å². The molecule has 0 aliphatic carbocycles. The first-order chi connectivity index (χ1) is 17.0. The number of amides is 1. The predicted molar refractivity (Wildman–Crippen MR) is 150 cm³/mol. The van der Waals surface area contributed by atoms with Gasteiger partial charge in [-0.15, -0.1) is 0 Å². The summed E-state index contributed by atoms with van der Waals surface area (Å²) in [6.07, 6.45) is 5.40. The molecular formula is C29H34BrClN2O3. The summed E-state index contributed by atoms with van der Waals surface area (Å²) in [6.45, 7) is 11.1. The largest absolute Gasteiger partial charge is 0.492 e. The molecule has 0 saturated carbocycles. The van der Waals surface area contributed by atoms with Crippen LogP contribution in [0.1, 0.15) is 57.6 Å². The maximum Gasteiger partial charge on any atom is 0.410 e.